The van der Waals surface area contributed by atoms with Crippen molar-refractivity contribution in [2.45, 2.75) is 6.42 Å². The average molecular weight is 266 g/mol. The monoisotopic (exact) mass is 265 g/mol. The summed E-state index contributed by atoms with van der Waals surface area (Å²) in [5.41, 5.74) is 6.77. The highest BCUT2D eigenvalue weighted by Gasteiger charge is 2.02. The Bertz CT molecular complexity index is 545. The van der Waals surface area contributed by atoms with Crippen molar-refractivity contribution < 1.29 is 9.13 Å². The second kappa shape index (κ2) is 5.74. The predicted octanol–water partition coefficient (Wildman–Crippen LogP) is 3.68. The number of anilines is 1. The maximum Gasteiger partial charge on any atom is 0.126 e. The largest absolute Gasteiger partial charge is 0.493 e. The van der Waals surface area contributed by atoms with Crippen molar-refractivity contribution in [3.8, 4) is 5.75 Å². The number of halogens is 2. The van der Waals surface area contributed by atoms with Gasteiger partial charge in [0.15, 0.2) is 0 Å². The van der Waals surface area contributed by atoms with Gasteiger partial charge in [0.05, 0.1) is 17.3 Å². The van der Waals surface area contributed by atoms with E-state index in [1.807, 2.05) is 0 Å². The van der Waals surface area contributed by atoms with Crippen LogP contribution in [-0.2, 0) is 6.42 Å². The Labute approximate surface area is 110 Å². The van der Waals surface area contributed by atoms with Crippen LogP contribution in [0.25, 0.3) is 0 Å². The van der Waals surface area contributed by atoms with Gasteiger partial charge < -0.3 is 10.5 Å². The number of benzene rings is 2. The Morgan fingerprint density at radius 2 is 1.94 bits per heavy atom. The maximum absolute atomic E-state index is 13.3. The van der Waals surface area contributed by atoms with E-state index in [1.165, 1.54) is 6.07 Å². The molecule has 0 aliphatic rings. The molecule has 0 saturated carbocycles. The molecule has 4 heteroatoms. The van der Waals surface area contributed by atoms with Gasteiger partial charge in [0, 0.05) is 12.5 Å². The van der Waals surface area contributed by atoms with Crippen LogP contribution < -0.4 is 10.5 Å². The van der Waals surface area contributed by atoms with Gasteiger partial charge >= 0.3 is 0 Å². The van der Waals surface area contributed by atoms with Crippen LogP contribution >= 0.6 is 11.6 Å². The van der Waals surface area contributed by atoms with Crippen LogP contribution in [0, 0.1) is 5.82 Å². The van der Waals surface area contributed by atoms with Gasteiger partial charge in [0.25, 0.3) is 0 Å². The van der Waals surface area contributed by atoms with E-state index in [-0.39, 0.29) is 5.82 Å². The zero-order chi connectivity index (χ0) is 13.0. The Balaban J connectivity index is 1.92. The summed E-state index contributed by atoms with van der Waals surface area (Å²) in [5.74, 6) is 0.421. The van der Waals surface area contributed by atoms with Gasteiger partial charge in [-0.1, -0.05) is 29.8 Å². The first-order chi connectivity index (χ1) is 8.66. The zero-order valence-electron chi connectivity index (χ0n) is 9.70. The number of ether oxygens (including phenoxy) is 1. The zero-order valence-corrected chi connectivity index (χ0v) is 10.5. The molecule has 0 heterocycles. The third-order valence-corrected chi connectivity index (χ3v) is 2.91. The second-order valence-corrected chi connectivity index (χ2v) is 4.28. The van der Waals surface area contributed by atoms with E-state index in [2.05, 4.69) is 0 Å². The number of hydrogen-bond acceptors (Lipinski definition) is 2. The van der Waals surface area contributed by atoms with Gasteiger partial charge in [0.1, 0.15) is 11.6 Å². The van der Waals surface area contributed by atoms with Crippen LogP contribution in [0.1, 0.15) is 5.56 Å². The van der Waals surface area contributed by atoms with E-state index in [1.54, 1.807) is 36.4 Å². The lowest BCUT2D eigenvalue weighted by molar-refractivity contribution is 0.320. The van der Waals surface area contributed by atoms with Gasteiger partial charge in [-0.25, -0.2) is 4.39 Å². The molecule has 94 valence electrons. The molecule has 2 aromatic rings. The normalized spacial score (nSPS) is 10.3. The fourth-order valence-corrected chi connectivity index (χ4v) is 1.71. The SMILES string of the molecule is Nc1cc(OCCc2ccccc2F)ccc1Cl. The standard InChI is InChI=1S/C14H13ClFNO/c15-12-6-5-11(9-14(12)17)18-8-7-10-3-1-2-4-13(10)16/h1-6,9H,7-8,17H2. The molecule has 0 amide bonds. The Hall–Kier alpha value is -1.74. The highest BCUT2D eigenvalue weighted by atomic mass is 35.5. The van der Waals surface area contributed by atoms with Crippen molar-refractivity contribution in [1.82, 2.24) is 0 Å². The first kappa shape index (κ1) is 12.7. The number of nitrogens with two attached hydrogens (primary N) is 1. The molecule has 0 bridgehead atoms. The summed E-state index contributed by atoms with van der Waals surface area (Å²) in [7, 11) is 0. The second-order valence-electron chi connectivity index (χ2n) is 3.87. The number of rotatable bonds is 4. The third-order valence-electron chi connectivity index (χ3n) is 2.57. The summed E-state index contributed by atoms with van der Waals surface area (Å²) in [6.07, 6.45) is 0.509. The van der Waals surface area contributed by atoms with E-state index in [4.69, 9.17) is 22.1 Å². The lowest BCUT2D eigenvalue weighted by Gasteiger charge is -2.08. The Kier molecular flexibility index (Phi) is 4.05. The lowest BCUT2D eigenvalue weighted by atomic mass is 10.1. The summed E-state index contributed by atoms with van der Waals surface area (Å²) >= 11 is 5.80. The van der Waals surface area contributed by atoms with E-state index in [9.17, 15) is 4.39 Å². The van der Waals surface area contributed by atoms with Crippen LogP contribution in [-0.4, -0.2) is 6.61 Å². The molecule has 0 spiro atoms. The number of nitrogen functional groups attached to an aromatic ring is 1. The maximum atomic E-state index is 13.3. The third kappa shape index (κ3) is 3.14. The van der Waals surface area contributed by atoms with Crippen LogP contribution in [0.15, 0.2) is 42.5 Å². The van der Waals surface area contributed by atoms with Crippen molar-refractivity contribution in [3.63, 3.8) is 0 Å². The van der Waals surface area contributed by atoms with Crippen molar-refractivity contribution in [2.75, 3.05) is 12.3 Å². The molecule has 0 radical (unpaired) electrons. The Morgan fingerprint density at radius 1 is 1.17 bits per heavy atom. The van der Waals surface area contributed by atoms with Crippen molar-refractivity contribution >= 4 is 17.3 Å². The average Bonchev–Trinajstić information content (AvgIpc) is 2.36. The van der Waals surface area contributed by atoms with Crippen molar-refractivity contribution in [1.29, 1.82) is 0 Å². The number of hydrogen-bond donors (Lipinski definition) is 1. The molecule has 0 aliphatic carbocycles. The first-order valence-electron chi connectivity index (χ1n) is 5.58. The van der Waals surface area contributed by atoms with Crippen LogP contribution in [0.2, 0.25) is 5.02 Å². The minimum atomic E-state index is -0.211. The van der Waals surface area contributed by atoms with Gasteiger partial charge in [-0.2, -0.15) is 0 Å². The molecule has 0 aromatic heterocycles. The minimum absolute atomic E-state index is 0.211. The summed E-state index contributed by atoms with van der Waals surface area (Å²) in [6.45, 7) is 0.391. The molecule has 18 heavy (non-hydrogen) atoms. The summed E-state index contributed by atoms with van der Waals surface area (Å²) in [6, 6.07) is 11.7. The molecule has 0 atom stereocenters. The van der Waals surface area contributed by atoms with Crippen molar-refractivity contribution in [3.05, 3.63) is 58.9 Å². The molecule has 2 rings (SSSR count). The predicted molar refractivity (Wildman–Crippen MR) is 71.5 cm³/mol. The van der Waals surface area contributed by atoms with Crippen LogP contribution in [0.3, 0.4) is 0 Å². The van der Waals surface area contributed by atoms with E-state index in [0.29, 0.717) is 35.1 Å². The van der Waals surface area contributed by atoms with E-state index < -0.39 is 0 Å². The molecular formula is C14H13ClFNO. The van der Waals surface area contributed by atoms with E-state index >= 15 is 0 Å². The summed E-state index contributed by atoms with van der Waals surface area (Å²) in [4.78, 5) is 0. The van der Waals surface area contributed by atoms with Gasteiger partial charge in [-0.05, 0) is 23.8 Å². The molecular weight excluding hydrogens is 253 g/mol. The quantitative estimate of drug-likeness (QED) is 0.856. The van der Waals surface area contributed by atoms with Gasteiger partial charge in [0.2, 0.25) is 0 Å². The molecule has 0 fully saturated rings. The van der Waals surface area contributed by atoms with E-state index in [0.717, 1.165) is 0 Å². The molecule has 2 nitrogen and oxygen atoms in total. The van der Waals surface area contributed by atoms with Crippen LogP contribution in [0.5, 0.6) is 5.75 Å². The highest BCUT2D eigenvalue weighted by Crippen LogP contribution is 2.23. The van der Waals surface area contributed by atoms with Crippen LogP contribution in [0.4, 0.5) is 10.1 Å². The summed E-state index contributed by atoms with van der Waals surface area (Å²) in [5, 5.41) is 0.497. The summed E-state index contributed by atoms with van der Waals surface area (Å²) < 4.78 is 18.8. The highest BCUT2D eigenvalue weighted by molar-refractivity contribution is 6.33. The molecule has 0 saturated heterocycles. The molecule has 2 aromatic carbocycles. The lowest BCUT2D eigenvalue weighted by Crippen LogP contribution is -2.03. The van der Waals surface area contributed by atoms with Gasteiger partial charge in [-0.3, -0.25) is 0 Å². The van der Waals surface area contributed by atoms with Gasteiger partial charge in [-0.15, -0.1) is 0 Å². The first-order valence-corrected chi connectivity index (χ1v) is 5.96. The smallest absolute Gasteiger partial charge is 0.126 e. The van der Waals surface area contributed by atoms with Crippen molar-refractivity contribution in [2.24, 2.45) is 0 Å². The fourth-order valence-electron chi connectivity index (χ4n) is 1.59. The molecule has 0 unspecified atom stereocenters. The minimum Gasteiger partial charge on any atom is -0.493 e. The molecule has 0 aliphatic heterocycles. The molecule has 2 N–H and O–H groups in total. The Morgan fingerprint density at radius 3 is 2.67 bits per heavy atom. The topological polar surface area (TPSA) is 35.2 Å². The fraction of sp³-hybridized carbons (Fsp3) is 0.143.